The molecule has 0 aromatic carbocycles. The number of hydrogen-bond acceptors (Lipinski definition) is 3. The Kier molecular flexibility index (Phi) is 2.68. The van der Waals surface area contributed by atoms with Gasteiger partial charge in [-0.3, -0.25) is 4.98 Å². The van der Waals surface area contributed by atoms with Gasteiger partial charge in [0.05, 0.1) is 11.7 Å². The van der Waals surface area contributed by atoms with Gasteiger partial charge < -0.3 is 10.1 Å². The highest BCUT2D eigenvalue weighted by molar-refractivity contribution is 5.16. The van der Waals surface area contributed by atoms with Gasteiger partial charge in [-0.15, -0.1) is 0 Å². The number of nitrogens with one attached hydrogen (secondary N) is 1. The average Bonchev–Trinajstić information content (AvgIpc) is 2.98. The van der Waals surface area contributed by atoms with Crippen LogP contribution in [0.3, 0.4) is 0 Å². The van der Waals surface area contributed by atoms with E-state index in [1.807, 2.05) is 12.1 Å². The fraction of sp³-hybridized carbons (Fsp3) is 0.545. The summed E-state index contributed by atoms with van der Waals surface area (Å²) in [7, 11) is 0. The van der Waals surface area contributed by atoms with Crippen molar-refractivity contribution in [1.82, 2.24) is 10.3 Å². The molecule has 3 heteroatoms. The van der Waals surface area contributed by atoms with Crippen molar-refractivity contribution in [3.8, 4) is 5.75 Å². The minimum atomic E-state index is 0.255. The number of rotatable bonds is 5. The monoisotopic (exact) mass is 192 g/mol. The second kappa shape index (κ2) is 3.96. The van der Waals surface area contributed by atoms with Crippen molar-refractivity contribution < 1.29 is 4.74 Å². The molecular weight excluding hydrogens is 176 g/mol. The summed E-state index contributed by atoms with van der Waals surface area (Å²) in [6.07, 6.45) is 5.95. The van der Waals surface area contributed by atoms with Crippen LogP contribution in [0.5, 0.6) is 5.75 Å². The van der Waals surface area contributed by atoms with Crippen LogP contribution in [0.4, 0.5) is 0 Å². The zero-order valence-electron chi connectivity index (χ0n) is 8.49. The summed E-state index contributed by atoms with van der Waals surface area (Å²) < 4.78 is 5.66. The Morgan fingerprint density at radius 3 is 3.00 bits per heavy atom. The van der Waals surface area contributed by atoms with Crippen molar-refractivity contribution >= 4 is 0 Å². The average molecular weight is 192 g/mol. The molecule has 0 radical (unpaired) electrons. The maximum absolute atomic E-state index is 5.66. The van der Waals surface area contributed by atoms with Gasteiger partial charge in [-0.2, -0.15) is 0 Å². The molecule has 1 heterocycles. The van der Waals surface area contributed by atoms with E-state index in [9.17, 15) is 0 Å². The smallest absolute Gasteiger partial charge is 0.137 e. The maximum atomic E-state index is 5.66. The van der Waals surface area contributed by atoms with Crippen LogP contribution in [0.15, 0.2) is 24.5 Å². The first-order valence-corrected chi connectivity index (χ1v) is 5.12. The Labute approximate surface area is 84.5 Å². The Balaban J connectivity index is 1.83. The maximum Gasteiger partial charge on any atom is 0.137 e. The predicted octanol–water partition coefficient (Wildman–Crippen LogP) is 1.60. The summed E-state index contributed by atoms with van der Waals surface area (Å²) in [5.41, 5.74) is 0.255. The van der Waals surface area contributed by atoms with Crippen molar-refractivity contribution in [2.45, 2.75) is 25.3 Å². The molecule has 0 unspecified atom stereocenters. The van der Waals surface area contributed by atoms with E-state index in [0.29, 0.717) is 0 Å². The molecule has 0 bridgehead atoms. The number of aromatic nitrogens is 1. The number of nitrogens with zero attached hydrogens (tertiary/aromatic N) is 1. The number of likely N-dealkylation sites (N-methyl/N-ethyl adjacent to an activating group) is 1. The van der Waals surface area contributed by atoms with Gasteiger partial charge in [-0.1, -0.05) is 6.92 Å². The van der Waals surface area contributed by atoms with Crippen molar-refractivity contribution in [3.63, 3.8) is 0 Å². The van der Waals surface area contributed by atoms with Gasteiger partial charge in [0, 0.05) is 6.20 Å². The van der Waals surface area contributed by atoms with Gasteiger partial charge in [0.1, 0.15) is 12.4 Å². The number of pyridine rings is 1. The zero-order valence-corrected chi connectivity index (χ0v) is 8.49. The van der Waals surface area contributed by atoms with Crippen molar-refractivity contribution in [1.29, 1.82) is 0 Å². The number of hydrogen-bond donors (Lipinski definition) is 1. The SMILES string of the molecule is CCNC1(COc2cccnc2)CC1. The van der Waals surface area contributed by atoms with E-state index >= 15 is 0 Å². The molecular formula is C11H16N2O. The Bertz CT molecular complexity index is 283. The highest BCUT2D eigenvalue weighted by Gasteiger charge is 2.42. The Morgan fingerprint density at radius 2 is 2.43 bits per heavy atom. The van der Waals surface area contributed by atoms with Crippen molar-refractivity contribution in [2.75, 3.05) is 13.2 Å². The van der Waals surface area contributed by atoms with Crippen LogP contribution in [0.25, 0.3) is 0 Å². The van der Waals surface area contributed by atoms with E-state index in [4.69, 9.17) is 4.74 Å². The van der Waals surface area contributed by atoms with E-state index in [-0.39, 0.29) is 5.54 Å². The second-order valence-corrected chi connectivity index (χ2v) is 3.79. The van der Waals surface area contributed by atoms with Gasteiger partial charge in [0.2, 0.25) is 0 Å². The quantitative estimate of drug-likeness (QED) is 0.769. The van der Waals surface area contributed by atoms with Gasteiger partial charge in [-0.25, -0.2) is 0 Å². The molecule has 14 heavy (non-hydrogen) atoms. The molecule has 0 aliphatic heterocycles. The van der Waals surface area contributed by atoms with Crippen LogP contribution in [0.1, 0.15) is 19.8 Å². The normalized spacial score (nSPS) is 17.8. The summed E-state index contributed by atoms with van der Waals surface area (Å²) in [5, 5.41) is 3.46. The highest BCUT2D eigenvalue weighted by atomic mass is 16.5. The molecule has 1 fully saturated rings. The first kappa shape index (κ1) is 9.46. The van der Waals surface area contributed by atoms with E-state index < -0.39 is 0 Å². The van der Waals surface area contributed by atoms with Crippen LogP contribution in [-0.4, -0.2) is 23.7 Å². The molecule has 0 spiro atoms. The van der Waals surface area contributed by atoms with E-state index in [1.165, 1.54) is 12.8 Å². The summed E-state index contributed by atoms with van der Waals surface area (Å²) in [6.45, 7) is 3.90. The number of ether oxygens (including phenoxy) is 1. The first-order chi connectivity index (χ1) is 6.85. The minimum absolute atomic E-state index is 0.255. The molecule has 1 N–H and O–H groups in total. The largest absolute Gasteiger partial charge is 0.490 e. The third-order valence-corrected chi connectivity index (χ3v) is 2.55. The van der Waals surface area contributed by atoms with Crippen LogP contribution in [-0.2, 0) is 0 Å². The molecule has 76 valence electrons. The second-order valence-electron chi connectivity index (χ2n) is 3.79. The third kappa shape index (κ3) is 2.23. The molecule has 1 aromatic rings. The first-order valence-electron chi connectivity index (χ1n) is 5.12. The molecule has 2 rings (SSSR count). The summed E-state index contributed by atoms with van der Waals surface area (Å²) >= 11 is 0. The van der Waals surface area contributed by atoms with Crippen LogP contribution >= 0.6 is 0 Å². The molecule has 0 saturated heterocycles. The van der Waals surface area contributed by atoms with E-state index in [1.54, 1.807) is 12.4 Å². The fourth-order valence-electron chi connectivity index (χ4n) is 1.55. The van der Waals surface area contributed by atoms with Gasteiger partial charge in [0.25, 0.3) is 0 Å². The standard InChI is InChI=1S/C11H16N2O/c1-2-13-11(5-6-11)9-14-10-4-3-7-12-8-10/h3-4,7-8,13H,2,5-6,9H2,1H3. The molecule has 0 atom stereocenters. The van der Waals surface area contributed by atoms with Gasteiger partial charge >= 0.3 is 0 Å². The summed E-state index contributed by atoms with van der Waals surface area (Å²) in [4.78, 5) is 4.01. The van der Waals surface area contributed by atoms with Crippen molar-refractivity contribution in [2.24, 2.45) is 0 Å². The third-order valence-electron chi connectivity index (χ3n) is 2.55. The summed E-state index contributed by atoms with van der Waals surface area (Å²) in [6, 6.07) is 3.83. The minimum Gasteiger partial charge on any atom is -0.490 e. The zero-order chi connectivity index (χ0) is 9.86. The Morgan fingerprint density at radius 1 is 1.57 bits per heavy atom. The van der Waals surface area contributed by atoms with E-state index in [0.717, 1.165) is 18.9 Å². The molecule has 3 nitrogen and oxygen atoms in total. The lowest BCUT2D eigenvalue weighted by atomic mass is 10.3. The lowest BCUT2D eigenvalue weighted by Crippen LogP contribution is -2.36. The van der Waals surface area contributed by atoms with Crippen LogP contribution < -0.4 is 10.1 Å². The molecule has 1 aliphatic carbocycles. The fourth-order valence-corrected chi connectivity index (χ4v) is 1.55. The van der Waals surface area contributed by atoms with Crippen LogP contribution in [0.2, 0.25) is 0 Å². The molecule has 1 saturated carbocycles. The highest BCUT2D eigenvalue weighted by Crippen LogP contribution is 2.35. The lowest BCUT2D eigenvalue weighted by Gasteiger charge is -2.16. The molecule has 0 amide bonds. The molecule has 1 aliphatic rings. The van der Waals surface area contributed by atoms with Gasteiger partial charge in [0.15, 0.2) is 0 Å². The van der Waals surface area contributed by atoms with Crippen molar-refractivity contribution in [3.05, 3.63) is 24.5 Å². The Hall–Kier alpha value is -1.09. The topological polar surface area (TPSA) is 34.1 Å². The summed E-state index contributed by atoms with van der Waals surface area (Å²) in [5.74, 6) is 0.858. The molecule has 1 aromatic heterocycles. The van der Waals surface area contributed by atoms with E-state index in [2.05, 4.69) is 17.2 Å². The van der Waals surface area contributed by atoms with Crippen LogP contribution in [0, 0.1) is 0 Å². The van der Waals surface area contributed by atoms with Gasteiger partial charge in [-0.05, 0) is 31.5 Å². The lowest BCUT2D eigenvalue weighted by molar-refractivity contribution is 0.253. The predicted molar refractivity (Wildman–Crippen MR) is 55.4 cm³/mol.